The predicted octanol–water partition coefficient (Wildman–Crippen LogP) is 4.33. The lowest BCUT2D eigenvalue weighted by atomic mass is 10.1. The monoisotopic (exact) mass is 327 g/mol. The molecule has 1 nitrogen and oxygen atoms in total. The highest BCUT2D eigenvalue weighted by Gasteiger charge is 2.33. The fourth-order valence-corrected chi connectivity index (χ4v) is 1.38. The van der Waals surface area contributed by atoms with Gasteiger partial charge in [0.2, 0.25) is 0 Å². The minimum Gasteiger partial charge on any atom is -0.237 e. The molecule has 82 valence electrons. The van der Waals surface area contributed by atoms with Crippen molar-refractivity contribution in [1.29, 1.82) is 0 Å². The highest BCUT2D eigenvalue weighted by molar-refractivity contribution is 14.1. The summed E-state index contributed by atoms with van der Waals surface area (Å²) < 4.78 is 35.9. The number of para-hydroxylation sites is 1. The van der Waals surface area contributed by atoms with Crippen LogP contribution in [-0.4, -0.2) is 9.89 Å². The van der Waals surface area contributed by atoms with Crippen molar-refractivity contribution < 1.29 is 13.2 Å². The van der Waals surface area contributed by atoms with Crippen molar-refractivity contribution in [2.24, 2.45) is 4.99 Å². The van der Waals surface area contributed by atoms with E-state index in [1.54, 1.807) is 32.0 Å². The van der Waals surface area contributed by atoms with Crippen molar-refractivity contribution >= 4 is 32.0 Å². The van der Waals surface area contributed by atoms with E-state index in [4.69, 9.17) is 0 Å². The number of aliphatic imine (C=N–C) groups is 1. The first kappa shape index (κ1) is 12.5. The van der Waals surface area contributed by atoms with Crippen molar-refractivity contribution in [1.82, 2.24) is 0 Å². The molecule has 0 aliphatic carbocycles. The molecule has 1 aromatic rings. The topological polar surface area (TPSA) is 12.4 Å². The van der Waals surface area contributed by atoms with E-state index in [1.807, 2.05) is 0 Å². The number of hydrogen-bond donors (Lipinski definition) is 0. The summed E-state index contributed by atoms with van der Waals surface area (Å²) in [5.41, 5.74) is 1.89. The van der Waals surface area contributed by atoms with Gasteiger partial charge in [-0.05, 0) is 47.6 Å². The minimum absolute atomic E-state index is 0.402. The highest BCUT2D eigenvalue weighted by Crippen LogP contribution is 2.29. The maximum atomic E-state index is 12.3. The molecule has 1 rings (SSSR count). The smallest absolute Gasteiger partial charge is 0.237 e. The predicted molar refractivity (Wildman–Crippen MR) is 63.1 cm³/mol. The summed E-state index contributed by atoms with van der Waals surface area (Å²) in [4.78, 5) is 3.61. The Morgan fingerprint density at radius 2 is 1.67 bits per heavy atom. The molecule has 0 fully saturated rings. The van der Waals surface area contributed by atoms with Gasteiger partial charge in [-0.15, -0.1) is 0 Å². The Morgan fingerprint density at radius 1 is 1.20 bits per heavy atom. The molecule has 15 heavy (non-hydrogen) atoms. The van der Waals surface area contributed by atoms with Crippen LogP contribution in [0.1, 0.15) is 11.1 Å². The Labute approximate surface area is 99.5 Å². The van der Waals surface area contributed by atoms with E-state index < -0.39 is 9.89 Å². The van der Waals surface area contributed by atoms with Crippen molar-refractivity contribution in [3.05, 3.63) is 29.3 Å². The third kappa shape index (κ3) is 3.19. The zero-order valence-electron chi connectivity index (χ0n) is 8.19. The quantitative estimate of drug-likeness (QED) is 0.538. The van der Waals surface area contributed by atoms with E-state index in [0.29, 0.717) is 5.69 Å². The lowest BCUT2D eigenvalue weighted by molar-refractivity contribution is -0.0544. The largest absolute Gasteiger partial charge is 0.439 e. The summed E-state index contributed by atoms with van der Waals surface area (Å²) in [5.74, 6) is 0. The molecule has 0 radical (unpaired) electrons. The number of aryl methyl sites for hydroxylation is 2. The molecule has 0 unspecified atom stereocenters. The van der Waals surface area contributed by atoms with Gasteiger partial charge in [0, 0.05) is 0 Å². The van der Waals surface area contributed by atoms with Gasteiger partial charge in [0.15, 0.2) is 3.72 Å². The van der Waals surface area contributed by atoms with Gasteiger partial charge in [-0.3, -0.25) is 0 Å². The molecule has 0 aromatic heterocycles. The van der Waals surface area contributed by atoms with Gasteiger partial charge in [-0.1, -0.05) is 18.2 Å². The molecule has 0 amide bonds. The second-order valence-electron chi connectivity index (χ2n) is 3.14. The number of halogens is 4. The molecule has 0 N–H and O–H groups in total. The lowest BCUT2D eigenvalue weighted by Gasteiger charge is -2.07. The molecular formula is C10H9F3IN. The number of nitrogens with zero attached hydrogens (tertiary/aromatic N) is 1. The molecule has 0 heterocycles. The van der Waals surface area contributed by atoms with E-state index in [-0.39, 0.29) is 0 Å². The van der Waals surface area contributed by atoms with Crippen LogP contribution in [0.2, 0.25) is 0 Å². The van der Waals surface area contributed by atoms with Crippen LogP contribution in [0.25, 0.3) is 0 Å². The van der Waals surface area contributed by atoms with Crippen molar-refractivity contribution in [2.45, 2.75) is 20.0 Å². The standard InChI is InChI=1S/C10H9F3IN/c1-6-4-3-5-7(2)8(6)15-9(14)10(11,12)13/h3-5H,1-2H3. The highest BCUT2D eigenvalue weighted by atomic mass is 127. The third-order valence-electron chi connectivity index (χ3n) is 1.88. The summed E-state index contributed by atoms with van der Waals surface area (Å²) in [7, 11) is 0. The van der Waals surface area contributed by atoms with Crippen LogP contribution >= 0.6 is 22.6 Å². The normalized spacial score (nSPS) is 13.1. The van der Waals surface area contributed by atoms with Crippen LogP contribution in [0.4, 0.5) is 18.9 Å². The third-order valence-corrected chi connectivity index (χ3v) is 2.74. The molecule has 0 aliphatic rings. The summed E-state index contributed by atoms with van der Waals surface area (Å²) in [6.07, 6.45) is -4.37. The molecule has 0 saturated heterocycles. The zero-order chi connectivity index (χ0) is 11.6. The van der Waals surface area contributed by atoms with Gasteiger partial charge in [-0.25, -0.2) is 4.99 Å². The maximum Gasteiger partial charge on any atom is 0.439 e. The Hall–Kier alpha value is -0.590. The summed E-state index contributed by atoms with van der Waals surface area (Å²) >= 11 is 1.21. The van der Waals surface area contributed by atoms with E-state index in [9.17, 15) is 13.2 Å². The molecular weight excluding hydrogens is 318 g/mol. The van der Waals surface area contributed by atoms with Gasteiger partial charge in [0.1, 0.15) is 0 Å². The first-order valence-electron chi connectivity index (χ1n) is 4.20. The molecule has 5 heteroatoms. The minimum atomic E-state index is -4.37. The Morgan fingerprint density at radius 3 is 2.07 bits per heavy atom. The first-order valence-corrected chi connectivity index (χ1v) is 5.28. The van der Waals surface area contributed by atoms with Crippen molar-refractivity contribution in [3.8, 4) is 0 Å². The second-order valence-corrected chi connectivity index (χ2v) is 4.16. The van der Waals surface area contributed by atoms with E-state index >= 15 is 0 Å². The van der Waals surface area contributed by atoms with Crippen LogP contribution in [0.15, 0.2) is 23.2 Å². The Kier molecular flexibility index (Phi) is 3.75. The molecule has 0 bridgehead atoms. The van der Waals surface area contributed by atoms with E-state index in [2.05, 4.69) is 4.99 Å². The second kappa shape index (κ2) is 4.51. The van der Waals surface area contributed by atoms with Gasteiger partial charge in [-0.2, -0.15) is 13.2 Å². The van der Waals surface area contributed by atoms with Crippen LogP contribution in [0.3, 0.4) is 0 Å². The number of benzene rings is 1. The van der Waals surface area contributed by atoms with E-state index in [1.165, 1.54) is 22.6 Å². The van der Waals surface area contributed by atoms with Gasteiger partial charge in [0.25, 0.3) is 0 Å². The maximum absolute atomic E-state index is 12.3. The molecule has 1 aromatic carbocycles. The molecule has 0 aliphatic heterocycles. The fraction of sp³-hybridized carbons (Fsp3) is 0.300. The van der Waals surface area contributed by atoms with Crippen molar-refractivity contribution in [3.63, 3.8) is 0 Å². The number of hydrogen-bond acceptors (Lipinski definition) is 1. The lowest BCUT2D eigenvalue weighted by Crippen LogP contribution is -2.16. The van der Waals surface area contributed by atoms with Crippen LogP contribution in [0, 0.1) is 13.8 Å². The molecule has 0 spiro atoms. The summed E-state index contributed by atoms with van der Waals surface area (Å²) in [6.45, 7) is 3.48. The van der Waals surface area contributed by atoms with Gasteiger partial charge >= 0.3 is 6.18 Å². The fourth-order valence-electron chi connectivity index (χ4n) is 1.14. The van der Waals surface area contributed by atoms with Crippen LogP contribution in [-0.2, 0) is 0 Å². The van der Waals surface area contributed by atoms with Crippen molar-refractivity contribution in [2.75, 3.05) is 0 Å². The van der Waals surface area contributed by atoms with E-state index in [0.717, 1.165) is 11.1 Å². The van der Waals surface area contributed by atoms with Gasteiger partial charge in [0.05, 0.1) is 5.69 Å². The SMILES string of the molecule is Cc1cccc(C)c1N=C(I)C(F)(F)F. The summed E-state index contributed by atoms with van der Waals surface area (Å²) in [6, 6.07) is 5.28. The van der Waals surface area contributed by atoms with Gasteiger partial charge < -0.3 is 0 Å². The van der Waals surface area contributed by atoms with Crippen LogP contribution in [0.5, 0.6) is 0 Å². The average molecular weight is 327 g/mol. The Bertz CT molecular complexity index is 376. The Balaban J connectivity index is 3.19. The van der Waals surface area contributed by atoms with Crippen LogP contribution < -0.4 is 0 Å². The number of alkyl halides is 3. The number of rotatable bonds is 1. The molecule has 0 atom stereocenters. The first-order chi connectivity index (χ1) is 6.82. The zero-order valence-corrected chi connectivity index (χ0v) is 10.3. The average Bonchev–Trinajstić information content (AvgIpc) is 2.09. The molecule has 0 saturated carbocycles. The summed E-state index contributed by atoms with van der Waals surface area (Å²) in [5, 5.41) is 0.